The minimum Gasteiger partial charge on any atom is -0.440 e. The molecule has 0 bridgehead atoms. The summed E-state index contributed by atoms with van der Waals surface area (Å²) in [6, 6.07) is 11.4. The summed E-state index contributed by atoms with van der Waals surface area (Å²) in [6.07, 6.45) is 0.210. The van der Waals surface area contributed by atoms with E-state index in [4.69, 9.17) is 16.0 Å². The molecule has 0 saturated carbocycles. The van der Waals surface area contributed by atoms with Crippen LogP contribution in [0.15, 0.2) is 46.2 Å². The first-order valence-electron chi connectivity index (χ1n) is 7.52. The summed E-state index contributed by atoms with van der Waals surface area (Å²) in [6.45, 7) is 2.30. The number of benzene rings is 1. The van der Waals surface area contributed by atoms with E-state index in [1.807, 2.05) is 48.7 Å². The third-order valence-electron chi connectivity index (χ3n) is 3.73. The Morgan fingerprint density at radius 3 is 2.79 bits per heavy atom. The van der Waals surface area contributed by atoms with E-state index in [2.05, 4.69) is 4.98 Å². The highest BCUT2D eigenvalue weighted by Crippen LogP contribution is 2.26. The smallest absolute Gasteiger partial charge is 0.236 e. The molecule has 0 atom stereocenters. The lowest BCUT2D eigenvalue weighted by Crippen LogP contribution is -2.28. The Morgan fingerprint density at radius 1 is 1.29 bits per heavy atom. The van der Waals surface area contributed by atoms with Crippen molar-refractivity contribution in [1.82, 2.24) is 9.88 Å². The molecule has 24 heavy (non-hydrogen) atoms. The van der Waals surface area contributed by atoms with Crippen LogP contribution in [0.4, 0.5) is 0 Å². The predicted octanol–water partition coefficient (Wildman–Crippen LogP) is 4.57. The third-order valence-corrected chi connectivity index (χ3v) is 4.96. The Bertz CT molecular complexity index is 843. The van der Waals surface area contributed by atoms with Crippen LogP contribution in [0.3, 0.4) is 0 Å². The zero-order valence-corrected chi connectivity index (χ0v) is 15.0. The van der Waals surface area contributed by atoms with Crippen LogP contribution in [0.5, 0.6) is 0 Å². The van der Waals surface area contributed by atoms with E-state index in [-0.39, 0.29) is 12.3 Å². The van der Waals surface area contributed by atoms with Gasteiger partial charge in [0.05, 0.1) is 17.0 Å². The molecule has 0 fully saturated rings. The molecule has 0 saturated heterocycles. The van der Waals surface area contributed by atoms with E-state index in [0.29, 0.717) is 28.9 Å². The van der Waals surface area contributed by atoms with E-state index >= 15 is 0 Å². The predicted molar refractivity (Wildman–Crippen MR) is 96.2 cm³/mol. The Kier molecular flexibility index (Phi) is 5.02. The van der Waals surface area contributed by atoms with Crippen molar-refractivity contribution in [2.75, 3.05) is 7.05 Å². The number of hydrogen-bond acceptors (Lipinski definition) is 4. The largest absolute Gasteiger partial charge is 0.440 e. The lowest BCUT2D eigenvalue weighted by atomic mass is 10.2. The van der Waals surface area contributed by atoms with Crippen molar-refractivity contribution >= 4 is 28.8 Å². The summed E-state index contributed by atoms with van der Waals surface area (Å²) in [7, 11) is 1.77. The molecule has 1 aromatic carbocycles. The maximum absolute atomic E-state index is 12.5. The van der Waals surface area contributed by atoms with Gasteiger partial charge in [0.25, 0.3) is 0 Å². The zero-order valence-electron chi connectivity index (χ0n) is 13.5. The molecule has 0 aliphatic heterocycles. The lowest BCUT2D eigenvalue weighted by Gasteiger charge is -2.17. The number of oxazole rings is 1. The molecule has 0 unspecified atom stereocenters. The second-order valence-electron chi connectivity index (χ2n) is 5.52. The highest BCUT2D eigenvalue weighted by molar-refractivity contribution is 7.13. The molecule has 124 valence electrons. The van der Waals surface area contributed by atoms with Gasteiger partial charge in [0.15, 0.2) is 0 Å². The van der Waals surface area contributed by atoms with Gasteiger partial charge in [0.1, 0.15) is 5.76 Å². The van der Waals surface area contributed by atoms with Crippen molar-refractivity contribution in [3.63, 3.8) is 0 Å². The van der Waals surface area contributed by atoms with E-state index < -0.39 is 0 Å². The summed E-state index contributed by atoms with van der Waals surface area (Å²) in [5, 5.41) is 2.63. The number of likely N-dealkylation sites (N-methyl/N-ethyl adjacent to an activating group) is 1. The van der Waals surface area contributed by atoms with Crippen molar-refractivity contribution in [2.45, 2.75) is 19.9 Å². The zero-order chi connectivity index (χ0) is 17.1. The van der Waals surface area contributed by atoms with Gasteiger partial charge >= 0.3 is 0 Å². The molecule has 3 rings (SSSR count). The third kappa shape index (κ3) is 3.68. The lowest BCUT2D eigenvalue weighted by molar-refractivity contribution is -0.129. The molecule has 0 aliphatic rings. The maximum Gasteiger partial charge on any atom is 0.236 e. The van der Waals surface area contributed by atoms with E-state index in [1.54, 1.807) is 23.3 Å². The van der Waals surface area contributed by atoms with Crippen LogP contribution < -0.4 is 0 Å². The number of thiophene rings is 1. The molecule has 4 nitrogen and oxygen atoms in total. The molecule has 0 aliphatic carbocycles. The molecule has 0 radical (unpaired) electrons. The first-order valence-corrected chi connectivity index (χ1v) is 8.78. The van der Waals surface area contributed by atoms with Crippen LogP contribution in [0, 0.1) is 6.92 Å². The summed E-state index contributed by atoms with van der Waals surface area (Å²) < 4.78 is 5.68. The van der Waals surface area contributed by atoms with Gasteiger partial charge in [-0.15, -0.1) is 11.3 Å². The molecule has 2 aromatic heterocycles. The second kappa shape index (κ2) is 7.20. The van der Waals surface area contributed by atoms with Gasteiger partial charge in [0.2, 0.25) is 11.8 Å². The minimum absolute atomic E-state index is 0.0240. The van der Waals surface area contributed by atoms with Crippen molar-refractivity contribution < 1.29 is 9.21 Å². The molecule has 3 aromatic rings. The van der Waals surface area contributed by atoms with Crippen LogP contribution >= 0.6 is 22.9 Å². The molecule has 1 amide bonds. The quantitative estimate of drug-likeness (QED) is 0.669. The monoisotopic (exact) mass is 360 g/mol. The number of rotatable bonds is 5. The van der Waals surface area contributed by atoms with Crippen molar-refractivity contribution in [3.8, 4) is 10.8 Å². The average Bonchev–Trinajstić information content (AvgIpc) is 3.20. The van der Waals surface area contributed by atoms with E-state index in [1.165, 1.54) is 0 Å². The minimum atomic E-state index is -0.0240. The fourth-order valence-electron chi connectivity index (χ4n) is 2.35. The molecule has 0 spiro atoms. The first-order chi connectivity index (χ1) is 11.5. The second-order valence-corrected chi connectivity index (χ2v) is 6.87. The van der Waals surface area contributed by atoms with Gasteiger partial charge in [-0.2, -0.15) is 0 Å². The Balaban J connectivity index is 1.69. The van der Waals surface area contributed by atoms with Crippen LogP contribution in [0.2, 0.25) is 5.02 Å². The number of carbonyl (C=O) groups is 1. The number of amides is 1. The van der Waals surface area contributed by atoms with E-state index in [9.17, 15) is 4.79 Å². The normalized spacial score (nSPS) is 10.8. The van der Waals surface area contributed by atoms with E-state index in [0.717, 1.165) is 10.4 Å². The summed E-state index contributed by atoms with van der Waals surface area (Å²) in [5.41, 5.74) is 1.60. The standard InChI is InChI=1S/C18H17ClN2O2S/c1-12-15(20-18(23-12)16-8-5-9-24-16)10-17(22)21(2)11-13-6-3-4-7-14(13)19/h3-9H,10-11H2,1-2H3. The maximum atomic E-state index is 12.5. The number of halogens is 1. The van der Waals surface area contributed by atoms with Crippen molar-refractivity contribution in [2.24, 2.45) is 0 Å². The van der Waals surface area contributed by atoms with Crippen LogP contribution in [-0.4, -0.2) is 22.8 Å². The van der Waals surface area contributed by atoms with Gasteiger partial charge in [0, 0.05) is 18.6 Å². The van der Waals surface area contributed by atoms with Gasteiger partial charge in [-0.1, -0.05) is 35.9 Å². The van der Waals surface area contributed by atoms with Crippen molar-refractivity contribution in [3.05, 3.63) is 63.8 Å². The molecule has 0 N–H and O–H groups in total. The highest BCUT2D eigenvalue weighted by Gasteiger charge is 2.18. The SMILES string of the molecule is Cc1oc(-c2cccs2)nc1CC(=O)N(C)Cc1ccccc1Cl. The Morgan fingerprint density at radius 2 is 2.08 bits per heavy atom. The van der Waals surface area contributed by atoms with Crippen LogP contribution in [-0.2, 0) is 17.8 Å². The number of nitrogens with zero attached hydrogens (tertiary/aromatic N) is 2. The number of hydrogen-bond donors (Lipinski definition) is 0. The van der Waals surface area contributed by atoms with Crippen LogP contribution in [0.1, 0.15) is 17.0 Å². The average molecular weight is 361 g/mol. The molecular formula is C18H17ClN2O2S. The topological polar surface area (TPSA) is 46.3 Å². The van der Waals surface area contributed by atoms with Gasteiger partial charge in [-0.3, -0.25) is 4.79 Å². The molecule has 6 heteroatoms. The highest BCUT2D eigenvalue weighted by atomic mass is 35.5. The molecule has 2 heterocycles. The first kappa shape index (κ1) is 16.7. The summed E-state index contributed by atoms with van der Waals surface area (Å²) in [4.78, 5) is 19.6. The van der Waals surface area contributed by atoms with Gasteiger partial charge < -0.3 is 9.32 Å². The van der Waals surface area contributed by atoms with Crippen LogP contribution in [0.25, 0.3) is 10.8 Å². The Hall–Kier alpha value is -2.11. The van der Waals surface area contributed by atoms with Crippen molar-refractivity contribution in [1.29, 1.82) is 0 Å². The number of carbonyl (C=O) groups excluding carboxylic acids is 1. The van der Waals surface area contributed by atoms with Gasteiger partial charge in [-0.05, 0) is 30.0 Å². The summed E-state index contributed by atoms with van der Waals surface area (Å²) >= 11 is 7.72. The number of aryl methyl sites for hydroxylation is 1. The summed E-state index contributed by atoms with van der Waals surface area (Å²) in [5.74, 6) is 1.22. The van der Waals surface area contributed by atoms with Gasteiger partial charge in [-0.25, -0.2) is 4.98 Å². The fraction of sp³-hybridized carbons (Fsp3) is 0.222. The fourth-order valence-corrected chi connectivity index (χ4v) is 3.19. The molecular weight excluding hydrogens is 344 g/mol. The Labute approximate surface area is 149 Å². The number of aromatic nitrogens is 1.